The zero-order valence-corrected chi connectivity index (χ0v) is 17.7. The van der Waals surface area contributed by atoms with Crippen LogP contribution in [0.15, 0.2) is 54.9 Å². The van der Waals surface area contributed by atoms with Crippen molar-refractivity contribution >= 4 is 11.6 Å². The number of halogens is 3. The van der Waals surface area contributed by atoms with Gasteiger partial charge in [0.15, 0.2) is 5.91 Å². The zero-order valence-electron chi connectivity index (χ0n) is 13.5. The van der Waals surface area contributed by atoms with Crippen LogP contribution >= 0.6 is 0 Å². The number of carbonyl (C=O) groups excluding carboxylic acids is 1. The molecule has 132 valence electrons. The van der Waals surface area contributed by atoms with Crippen LogP contribution in [0.4, 0.5) is 13.2 Å². The van der Waals surface area contributed by atoms with Gasteiger partial charge < -0.3 is 10.7 Å². The Morgan fingerprint density at radius 2 is 2.04 bits per heavy atom. The standard InChI is InChI=1S/C18H14F3N3O.U/c19-18(20,21)15-5-1-3-13(11-15)6-7-16(22)17(25)24-10-8-14-4-2-9-23-12-14;/h1-5,7,9,11-12H,8,10H2,(H,24,25);/q-2;+2. The van der Waals surface area contributed by atoms with Crippen LogP contribution in [-0.4, -0.2) is 23.1 Å². The minimum atomic E-state index is -4.47. The van der Waals surface area contributed by atoms with Gasteiger partial charge in [-0.1, -0.05) is 12.1 Å². The Labute approximate surface area is 172 Å². The number of aromatic nitrogens is 1. The van der Waals surface area contributed by atoms with Gasteiger partial charge in [0.25, 0.3) is 0 Å². The Morgan fingerprint density at radius 3 is 2.69 bits per heavy atom. The SMILES string of the molecule is [N-]=C(C=[C-]c1cccc(C(F)(F)F)c1)C(=O)NCCc1cccnc1.[U+2]. The molecular weight excluding hydrogens is 569 g/mol. The second-order valence-corrected chi connectivity index (χ2v) is 5.12. The van der Waals surface area contributed by atoms with E-state index in [4.69, 9.17) is 0 Å². The smallest absolute Gasteiger partial charge is 0.851 e. The van der Waals surface area contributed by atoms with Crippen molar-refractivity contribution in [2.45, 2.75) is 12.6 Å². The average Bonchev–Trinajstić information content (AvgIpc) is 2.60. The van der Waals surface area contributed by atoms with E-state index >= 15 is 0 Å². The molecule has 0 aliphatic heterocycles. The van der Waals surface area contributed by atoms with E-state index in [9.17, 15) is 23.4 Å². The summed E-state index contributed by atoms with van der Waals surface area (Å²) < 4.78 is 37.8. The first-order chi connectivity index (χ1) is 11.9. The molecule has 1 aromatic carbocycles. The Hall–Kier alpha value is -1.91. The van der Waals surface area contributed by atoms with E-state index in [-0.39, 0.29) is 43.2 Å². The van der Waals surface area contributed by atoms with Crippen molar-refractivity contribution in [3.63, 3.8) is 0 Å². The van der Waals surface area contributed by atoms with Crippen LogP contribution in [0.5, 0.6) is 0 Å². The van der Waals surface area contributed by atoms with Gasteiger partial charge in [0.1, 0.15) is 0 Å². The van der Waals surface area contributed by atoms with Gasteiger partial charge in [-0.15, -0.1) is 29.8 Å². The molecule has 2 rings (SSSR count). The van der Waals surface area contributed by atoms with Gasteiger partial charge in [0.2, 0.25) is 0 Å². The summed E-state index contributed by atoms with van der Waals surface area (Å²) >= 11 is 0. The summed E-state index contributed by atoms with van der Waals surface area (Å²) in [6.07, 6.45) is 2.77. The number of nitrogens with zero attached hydrogens (tertiary/aromatic N) is 2. The number of rotatable bonds is 6. The van der Waals surface area contributed by atoms with E-state index in [2.05, 4.69) is 16.4 Å². The number of amides is 1. The number of benzene rings is 1. The van der Waals surface area contributed by atoms with E-state index < -0.39 is 23.4 Å². The first-order valence-corrected chi connectivity index (χ1v) is 7.36. The predicted molar refractivity (Wildman–Crippen MR) is 87.7 cm³/mol. The van der Waals surface area contributed by atoms with Crippen LogP contribution in [0.25, 0.3) is 5.41 Å². The molecule has 0 spiro atoms. The van der Waals surface area contributed by atoms with Crippen LogP contribution in [0, 0.1) is 37.2 Å². The van der Waals surface area contributed by atoms with Crippen molar-refractivity contribution in [3.8, 4) is 0 Å². The molecule has 4 nitrogen and oxygen atoms in total. The summed E-state index contributed by atoms with van der Waals surface area (Å²) in [5, 5.41) is 12.2. The summed E-state index contributed by atoms with van der Waals surface area (Å²) in [4.78, 5) is 15.7. The third-order valence-corrected chi connectivity index (χ3v) is 3.22. The van der Waals surface area contributed by atoms with E-state index in [1.807, 2.05) is 6.07 Å². The van der Waals surface area contributed by atoms with Crippen molar-refractivity contribution in [3.05, 3.63) is 83.0 Å². The van der Waals surface area contributed by atoms with Gasteiger partial charge in [0, 0.05) is 24.5 Å². The molecule has 0 saturated heterocycles. The molecule has 0 radical (unpaired) electrons. The number of nitrogens with one attached hydrogen (secondary N) is 1. The Kier molecular flexibility index (Phi) is 8.76. The fraction of sp³-hybridized carbons (Fsp3) is 0.167. The molecule has 26 heavy (non-hydrogen) atoms. The molecule has 2 aromatic rings. The van der Waals surface area contributed by atoms with E-state index in [1.54, 1.807) is 18.5 Å². The topological polar surface area (TPSA) is 64.3 Å². The summed E-state index contributed by atoms with van der Waals surface area (Å²) in [7, 11) is 0. The number of hydrogen-bond acceptors (Lipinski definition) is 2. The molecule has 0 aliphatic carbocycles. The third kappa shape index (κ3) is 7.14. The van der Waals surface area contributed by atoms with Crippen molar-refractivity contribution < 1.29 is 49.1 Å². The summed E-state index contributed by atoms with van der Waals surface area (Å²) in [6.45, 7) is 0.284. The van der Waals surface area contributed by atoms with Crippen LogP contribution in [0.3, 0.4) is 0 Å². The van der Waals surface area contributed by atoms with Crippen LogP contribution in [-0.2, 0) is 17.4 Å². The van der Waals surface area contributed by atoms with Crippen molar-refractivity contribution in [2.24, 2.45) is 0 Å². The van der Waals surface area contributed by atoms with E-state index in [1.165, 1.54) is 12.1 Å². The maximum absolute atomic E-state index is 12.6. The molecule has 1 aromatic heterocycles. The number of alkyl halides is 3. The normalized spacial score (nSPS) is 11.0. The largest absolute Gasteiger partial charge is 2.00 e. The Morgan fingerprint density at radius 1 is 1.27 bits per heavy atom. The molecule has 1 amide bonds. The van der Waals surface area contributed by atoms with Gasteiger partial charge >= 0.3 is 37.3 Å². The summed E-state index contributed by atoms with van der Waals surface area (Å²) in [5.74, 6) is -0.733. The number of hydrogen-bond donors (Lipinski definition) is 1. The number of carbonyl (C=O) groups is 1. The maximum atomic E-state index is 12.6. The van der Waals surface area contributed by atoms with E-state index in [0.717, 1.165) is 23.8 Å². The van der Waals surface area contributed by atoms with Gasteiger partial charge in [-0.25, -0.2) is 0 Å². The van der Waals surface area contributed by atoms with Crippen LogP contribution < -0.4 is 5.32 Å². The molecular formula is C18H14F3N3OU. The van der Waals surface area contributed by atoms with Crippen LogP contribution in [0.2, 0.25) is 0 Å². The molecule has 8 heteroatoms. The van der Waals surface area contributed by atoms with Gasteiger partial charge in [0.05, 0.1) is 0 Å². The number of pyridine rings is 1. The fourth-order valence-corrected chi connectivity index (χ4v) is 1.96. The first kappa shape index (κ1) is 22.1. The second kappa shape index (κ2) is 10.3. The van der Waals surface area contributed by atoms with Crippen LogP contribution in [0.1, 0.15) is 16.7 Å². The minimum Gasteiger partial charge on any atom is -0.851 e. The Balaban J connectivity index is 0.00000338. The molecule has 0 bridgehead atoms. The third-order valence-electron chi connectivity index (χ3n) is 3.22. The van der Waals surface area contributed by atoms with Crippen molar-refractivity contribution in [1.82, 2.24) is 10.3 Å². The molecule has 0 fully saturated rings. The zero-order chi connectivity index (χ0) is 18.3. The fourth-order valence-electron chi connectivity index (χ4n) is 1.96. The van der Waals surface area contributed by atoms with Crippen molar-refractivity contribution in [2.75, 3.05) is 6.54 Å². The quantitative estimate of drug-likeness (QED) is 0.420. The molecule has 1 heterocycles. The second-order valence-electron chi connectivity index (χ2n) is 5.12. The first-order valence-electron chi connectivity index (χ1n) is 7.36. The van der Waals surface area contributed by atoms with Gasteiger partial charge in [-0.3, -0.25) is 9.78 Å². The monoisotopic (exact) mass is 583 g/mol. The van der Waals surface area contributed by atoms with Gasteiger partial charge in [-0.05, 0) is 18.1 Å². The molecule has 0 saturated carbocycles. The maximum Gasteiger partial charge on any atom is 2.00 e. The molecule has 0 unspecified atom stereocenters. The molecule has 0 atom stereocenters. The summed E-state index contributed by atoms with van der Waals surface area (Å²) in [6, 6.07) is 8.05. The Bertz CT molecular complexity index is 777. The minimum absolute atomic E-state index is 0. The van der Waals surface area contributed by atoms with Gasteiger partial charge in [-0.2, -0.15) is 25.0 Å². The molecule has 1 N–H and O–H groups in total. The van der Waals surface area contributed by atoms with E-state index in [0.29, 0.717) is 6.42 Å². The predicted octanol–water partition coefficient (Wildman–Crippen LogP) is 3.18. The summed E-state index contributed by atoms with van der Waals surface area (Å²) in [5.41, 5.74) is -0.437. The average molecular weight is 583 g/mol. The van der Waals surface area contributed by atoms with Crippen molar-refractivity contribution in [1.29, 1.82) is 0 Å². The molecule has 0 aliphatic rings.